The first kappa shape index (κ1) is 28.2. The van der Waals surface area contributed by atoms with Crippen LogP contribution in [0.15, 0.2) is 24.3 Å². The molecule has 12 heteroatoms. The number of rotatable bonds is 3. The normalized spacial score (nSPS) is 35.1. The van der Waals surface area contributed by atoms with Crippen LogP contribution in [0.5, 0.6) is 5.75 Å². The van der Waals surface area contributed by atoms with Crippen LogP contribution in [0, 0.1) is 40.4 Å². The maximum atomic E-state index is 15.2. The van der Waals surface area contributed by atoms with Crippen molar-refractivity contribution in [1.82, 2.24) is 15.1 Å². The number of nitriles is 1. The Morgan fingerprint density at radius 1 is 1.21 bits per heavy atom. The van der Waals surface area contributed by atoms with Crippen LogP contribution in [-0.4, -0.2) is 83.7 Å². The van der Waals surface area contributed by atoms with Crippen molar-refractivity contribution in [3.05, 3.63) is 24.3 Å². The molecule has 11 nitrogen and oxygen atoms in total. The average molecular weight is 582 g/mol. The number of carbonyl (C=O) groups excluding carboxylic acids is 4. The van der Waals surface area contributed by atoms with E-state index in [4.69, 9.17) is 9.47 Å². The summed E-state index contributed by atoms with van der Waals surface area (Å²) in [7, 11) is 1.21. The van der Waals surface area contributed by atoms with Crippen molar-refractivity contribution in [3.63, 3.8) is 0 Å². The number of amides is 4. The van der Waals surface area contributed by atoms with E-state index in [1.165, 1.54) is 16.9 Å². The molecule has 3 heterocycles. The molecule has 3 aliphatic heterocycles. The molecule has 2 N–H and O–H groups in total. The standard InChI is InChI=1S/C30H36FN5O6/c1-29(2,3)24(34-28(40)41-4)26(38)35-13-18-15-9-17(19(31)10-15)22(18)23(35)25(37)36-14-30(11-16(36)12-32)27(39)33-20-7-5-6-8-21(20)42-30/h5-8,15-19,22-24H,9-11,13-14H2,1-4H3,(H,33,39)(H,34,40)/t15-,16-,17+,18+,19+,22-,23-,24+,30+/m0/s1. The number of likely N-dealkylation sites (tertiary alicyclic amines) is 2. The molecule has 2 saturated carbocycles. The van der Waals surface area contributed by atoms with Crippen LogP contribution in [0.4, 0.5) is 14.9 Å². The minimum absolute atomic E-state index is 0.0452. The number of alkyl carbamates (subject to hydrolysis) is 1. The molecule has 1 aromatic rings. The van der Waals surface area contributed by atoms with Gasteiger partial charge in [-0.1, -0.05) is 32.9 Å². The molecule has 1 spiro atoms. The van der Waals surface area contributed by atoms with Crippen molar-refractivity contribution in [3.8, 4) is 11.8 Å². The van der Waals surface area contributed by atoms with Gasteiger partial charge in [-0.3, -0.25) is 14.4 Å². The van der Waals surface area contributed by atoms with Gasteiger partial charge in [0.15, 0.2) is 0 Å². The molecule has 5 aliphatic rings. The Kier molecular flexibility index (Phi) is 6.62. The van der Waals surface area contributed by atoms with Crippen molar-refractivity contribution in [1.29, 1.82) is 5.26 Å². The lowest BCUT2D eigenvalue weighted by Gasteiger charge is -2.38. The van der Waals surface area contributed by atoms with Gasteiger partial charge in [0, 0.05) is 13.0 Å². The van der Waals surface area contributed by atoms with Crippen LogP contribution in [0.3, 0.4) is 0 Å². The van der Waals surface area contributed by atoms with Gasteiger partial charge in [0.2, 0.25) is 17.4 Å². The van der Waals surface area contributed by atoms with Crippen molar-refractivity contribution in [2.75, 3.05) is 25.5 Å². The molecular formula is C30H36FN5O6. The topological polar surface area (TPSA) is 141 Å². The lowest BCUT2D eigenvalue weighted by atomic mass is 9.77. The Morgan fingerprint density at radius 3 is 2.64 bits per heavy atom. The molecule has 224 valence electrons. The molecule has 0 radical (unpaired) electrons. The number of para-hydroxylation sites is 2. The van der Waals surface area contributed by atoms with E-state index in [0.717, 1.165) is 0 Å². The monoisotopic (exact) mass is 581 g/mol. The van der Waals surface area contributed by atoms with E-state index < -0.39 is 65.0 Å². The second-order valence-electron chi connectivity index (χ2n) is 13.4. The summed E-state index contributed by atoms with van der Waals surface area (Å²) >= 11 is 0. The predicted octanol–water partition coefficient (Wildman–Crippen LogP) is 2.47. The van der Waals surface area contributed by atoms with Gasteiger partial charge >= 0.3 is 6.09 Å². The predicted molar refractivity (Wildman–Crippen MR) is 147 cm³/mol. The van der Waals surface area contributed by atoms with E-state index in [1.54, 1.807) is 45.0 Å². The zero-order valence-corrected chi connectivity index (χ0v) is 24.1. The zero-order valence-electron chi connectivity index (χ0n) is 24.1. The molecule has 2 bridgehead atoms. The number of methoxy groups -OCH3 is 1. The minimum Gasteiger partial charge on any atom is -0.473 e. The minimum atomic E-state index is -1.48. The molecular weight excluding hydrogens is 545 g/mol. The summed E-state index contributed by atoms with van der Waals surface area (Å²) in [5, 5.41) is 15.6. The van der Waals surface area contributed by atoms with Gasteiger partial charge in [0.25, 0.3) is 5.91 Å². The number of anilines is 1. The summed E-state index contributed by atoms with van der Waals surface area (Å²) in [4.78, 5) is 57.1. The zero-order chi connectivity index (χ0) is 30.1. The number of carbonyl (C=O) groups is 4. The molecule has 4 amide bonds. The van der Waals surface area contributed by atoms with Crippen LogP contribution >= 0.6 is 0 Å². The lowest BCUT2D eigenvalue weighted by Crippen LogP contribution is -2.60. The van der Waals surface area contributed by atoms with Crippen molar-refractivity contribution < 1.29 is 33.0 Å². The fourth-order valence-corrected chi connectivity index (χ4v) is 8.02. The van der Waals surface area contributed by atoms with Gasteiger partial charge in [0.05, 0.1) is 25.4 Å². The summed E-state index contributed by atoms with van der Waals surface area (Å²) in [6.07, 6.45) is -0.843. The number of alkyl halides is 1. The largest absolute Gasteiger partial charge is 0.473 e. The Hall–Kier alpha value is -3.88. The van der Waals surface area contributed by atoms with Crippen LogP contribution in [0.25, 0.3) is 0 Å². The van der Waals surface area contributed by atoms with E-state index >= 15 is 4.39 Å². The second kappa shape index (κ2) is 9.85. The summed E-state index contributed by atoms with van der Waals surface area (Å²) in [5.41, 5.74) is -1.70. The smallest absolute Gasteiger partial charge is 0.407 e. The van der Waals surface area contributed by atoms with Gasteiger partial charge in [-0.05, 0) is 54.1 Å². The molecule has 0 unspecified atom stereocenters. The van der Waals surface area contributed by atoms with Crippen LogP contribution < -0.4 is 15.4 Å². The van der Waals surface area contributed by atoms with Gasteiger partial charge in [-0.15, -0.1) is 0 Å². The first-order valence-corrected chi connectivity index (χ1v) is 14.5. The summed E-state index contributed by atoms with van der Waals surface area (Å²) < 4.78 is 26.1. The highest BCUT2D eigenvalue weighted by Crippen LogP contribution is 2.59. The second-order valence-corrected chi connectivity index (χ2v) is 13.4. The fraction of sp³-hybridized carbons (Fsp3) is 0.633. The third-order valence-corrected chi connectivity index (χ3v) is 9.98. The third-order valence-electron chi connectivity index (χ3n) is 9.98. The van der Waals surface area contributed by atoms with Crippen LogP contribution in [0.2, 0.25) is 0 Å². The average Bonchev–Trinajstić information content (AvgIpc) is 3.70. The molecule has 0 aromatic heterocycles. The van der Waals surface area contributed by atoms with Crippen molar-refractivity contribution in [2.45, 2.75) is 69.9 Å². The van der Waals surface area contributed by atoms with E-state index in [2.05, 4.69) is 16.7 Å². The number of hydrogen-bond acceptors (Lipinski definition) is 7. The summed E-state index contributed by atoms with van der Waals surface area (Å²) in [6, 6.07) is 6.06. The maximum absolute atomic E-state index is 15.2. The van der Waals surface area contributed by atoms with Gasteiger partial charge in [-0.2, -0.15) is 5.26 Å². The number of nitrogens with zero attached hydrogens (tertiary/aromatic N) is 3. The quantitative estimate of drug-likeness (QED) is 0.559. The fourth-order valence-electron chi connectivity index (χ4n) is 8.02. The molecule has 1 aromatic carbocycles. The highest BCUT2D eigenvalue weighted by Gasteiger charge is 2.65. The Balaban J connectivity index is 1.34. The lowest BCUT2D eigenvalue weighted by molar-refractivity contribution is -0.149. The Morgan fingerprint density at radius 2 is 1.95 bits per heavy atom. The van der Waals surface area contributed by atoms with E-state index in [0.29, 0.717) is 24.3 Å². The first-order valence-electron chi connectivity index (χ1n) is 14.5. The summed E-state index contributed by atoms with van der Waals surface area (Å²) in [5.74, 6) is -1.80. The number of benzene rings is 1. The van der Waals surface area contributed by atoms with E-state index in [9.17, 15) is 24.4 Å². The Labute approximate surface area is 243 Å². The molecule has 4 fully saturated rings. The highest BCUT2D eigenvalue weighted by atomic mass is 19.1. The van der Waals surface area contributed by atoms with Crippen LogP contribution in [0.1, 0.15) is 40.0 Å². The molecule has 2 aliphatic carbocycles. The Bertz CT molecular complexity index is 1370. The molecule has 6 rings (SSSR count). The van der Waals surface area contributed by atoms with Gasteiger partial charge in [-0.25, -0.2) is 9.18 Å². The maximum Gasteiger partial charge on any atom is 0.407 e. The number of halogens is 1. The van der Waals surface area contributed by atoms with Gasteiger partial charge in [0.1, 0.15) is 30.0 Å². The van der Waals surface area contributed by atoms with Crippen molar-refractivity contribution >= 4 is 29.5 Å². The van der Waals surface area contributed by atoms with E-state index in [1.807, 2.05) is 0 Å². The number of hydrogen-bond donors (Lipinski definition) is 2. The van der Waals surface area contributed by atoms with E-state index in [-0.39, 0.29) is 37.3 Å². The first-order chi connectivity index (χ1) is 19.9. The van der Waals surface area contributed by atoms with Gasteiger partial charge < -0.3 is 29.9 Å². The van der Waals surface area contributed by atoms with Crippen molar-refractivity contribution in [2.24, 2.45) is 29.1 Å². The molecule has 2 saturated heterocycles. The van der Waals surface area contributed by atoms with Crippen LogP contribution in [-0.2, 0) is 19.1 Å². The third kappa shape index (κ3) is 4.27. The number of ether oxygens (including phenoxy) is 2. The summed E-state index contributed by atoms with van der Waals surface area (Å²) in [6.45, 7) is 5.47. The highest BCUT2D eigenvalue weighted by molar-refractivity contribution is 6.02. The molecule has 42 heavy (non-hydrogen) atoms. The molecule has 9 atom stereocenters. The number of nitrogens with one attached hydrogen (secondary N) is 2. The SMILES string of the molecule is COC(=O)N[C@H](C(=O)N1C[C@@H]2[C@H]3C[C@@H]([C@@H]2[C@H]1C(=O)N1C[C@@]2(C[C@H]1C#N)Oc1ccccc1NC2=O)[C@H](F)C3)C(C)(C)C. The number of fused-ring (bicyclic) bond motifs is 6.